The highest BCUT2D eigenvalue weighted by Gasteiger charge is 2.43. The molecule has 2 amide bonds. The molecule has 1 atom stereocenters. The third-order valence-corrected chi connectivity index (χ3v) is 5.65. The van der Waals surface area contributed by atoms with Gasteiger partial charge < -0.3 is 14.4 Å². The number of carbonyl (C=O) groups is 2. The first-order chi connectivity index (χ1) is 14.1. The molecule has 2 aliphatic rings. The van der Waals surface area contributed by atoms with Crippen LogP contribution in [0.5, 0.6) is 11.5 Å². The van der Waals surface area contributed by atoms with E-state index < -0.39 is 0 Å². The Balaban J connectivity index is 1.40. The molecule has 7 heteroatoms. The molecule has 0 bridgehead atoms. The summed E-state index contributed by atoms with van der Waals surface area (Å²) in [6, 6.07) is 14.6. The minimum Gasteiger partial charge on any atom is -0.497 e. The number of methoxy groups -OCH3 is 2. The maximum atomic E-state index is 13.0. The molecule has 0 aromatic heterocycles. The lowest BCUT2D eigenvalue weighted by molar-refractivity contribution is -0.123. The zero-order valence-electron chi connectivity index (χ0n) is 16.7. The summed E-state index contributed by atoms with van der Waals surface area (Å²) in [6.45, 7) is 3.11. The molecule has 29 heavy (non-hydrogen) atoms. The lowest BCUT2D eigenvalue weighted by Gasteiger charge is -2.38. The van der Waals surface area contributed by atoms with Crippen LogP contribution in [0.4, 0.5) is 11.4 Å². The fraction of sp³-hybridized carbons (Fsp3) is 0.364. The van der Waals surface area contributed by atoms with E-state index in [1.807, 2.05) is 24.3 Å². The highest BCUT2D eigenvalue weighted by Crippen LogP contribution is 2.28. The third kappa shape index (κ3) is 3.78. The van der Waals surface area contributed by atoms with Crippen molar-refractivity contribution >= 4 is 23.2 Å². The summed E-state index contributed by atoms with van der Waals surface area (Å²) < 4.78 is 10.4. The molecule has 7 nitrogen and oxygen atoms in total. The molecule has 2 aromatic rings. The van der Waals surface area contributed by atoms with Crippen LogP contribution in [0.15, 0.2) is 48.5 Å². The molecule has 0 saturated carbocycles. The summed E-state index contributed by atoms with van der Waals surface area (Å²) >= 11 is 0. The van der Waals surface area contributed by atoms with Crippen molar-refractivity contribution in [3.05, 3.63) is 48.5 Å². The normalized spacial score (nSPS) is 20.3. The van der Waals surface area contributed by atoms with E-state index in [1.165, 1.54) is 4.90 Å². The molecule has 0 radical (unpaired) electrons. The van der Waals surface area contributed by atoms with E-state index in [0.29, 0.717) is 11.4 Å². The Bertz CT molecular complexity index is 874. The number of rotatable bonds is 5. The molecule has 0 spiro atoms. The summed E-state index contributed by atoms with van der Waals surface area (Å²) in [5.74, 6) is 1.24. The number of nitrogens with zero attached hydrogens (tertiary/aromatic N) is 3. The lowest BCUT2D eigenvalue weighted by atomic mass is 10.1. The Morgan fingerprint density at radius 2 is 1.28 bits per heavy atom. The molecule has 0 N–H and O–H groups in total. The fourth-order valence-corrected chi connectivity index (χ4v) is 3.99. The average molecular weight is 395 g/mol. The maximum Gasteiger partial charge on any atom is 0.251 e. The second-order valence-electron chi connectivity index (χ2n) is 7.21. The van der Waals surface area contributed by atoms with Gasteiger partial charge in [-0.2, -0.15) is 0 Å². The Hall–Kier alpha value is -3.06. The summed E-state index contributed by atoms with van der Waals surface area (Å²) in [5.41, 5.74) is 1.74. The number of imide groups is 1. The highest BCUT2D eigenvalue weighted by molar-refractivity contribution is 6.22. The third-order valence-electron chi connectivity index (χ3n) is 5.65. The number of hydrogen-bond acceptors (Lipinski definition) is 6. The van der Waals surface area contributed by atoms with Crippen LogP contribution in [0.2, 0.25) is 0 Å². The maximum absolute atomic E-state index is 13.0. The number of anilines is 2. The average Bonchev–Trinajstić information content (AvgIpc) is 3.08. The van der Waals surface area contributed by atoms with Gasteiger partial charge in [0.05, 0.1) is 32.4 Å². The summed E-state index contributed by atoms with van der Waals surface area (Å²) in [4.78, 5) is 31.3. The first-order valence-electron chi connectivity index (χ1n) is 9.74. The van der Waals surface area contributed by atoms with Gasteiger partial charge in [0.2, 0.25) is 5.91 Å². The molecule has 2 aromatic carbocycles. The van der Waals surface area contributed by atoms with E-state index in [2.05, 4.69) is 9.80 Å². The molecule has 2 aliphatic heterocycles. The van der Waals surface area contributed by atoms with Crippen LogP contribution in [-0.2, 0) is 9.59 Å². The van der Waals surface area contributed by atoms with Crippen molar-refractivity contribution in [2.75, 3.05) is 50.2 Å². The molecule has 0 aliphatic carbocycles. The fourth-order valence-electron chi connectivity index (χ4n) is 3.99. The number of hydrogen-bond donors (Lipinski definition) is 0. The minimum atomic E-state index is -0.386. The quantitative estimate of drug-likeness (QED) is 0.723. The lowest BCUT2D eigenvalue weighted by Crippen LogP contribution is -2.52. The van der Waals surface area contributed by atoms with Gasteiger partial charge in [0.25, 0.3) is 5.91 Å². The van der Waals surface area contributed by atoms with Gasteiger partial charge in [0, 0.05) is 31.9 Å². The number of piperazine rings is 1. The van der Waals surface area contributed by atoms with Gasteiger partial charge in [-0.1, -0.05) is 0 Å². The SMILES string of the molecule is COc1ccc(N2CCN([C@@H]3CC(=O)N(c4ccc(OC)cc4)C3=O)CC2)cc1. The molecule has 152 valence electrons. The van der Waals surface area contributed by atoms with Crippen molar-refractivity contribution < 1.29 is 19.1 Å². The van der Waals surface area contributed by atoms with Gasteiger partial charge in [-0.05, 0) is 48.5 Å². The van der Waals surface area contributed by atoms with E-state index >= 15 is 0 Å². The molecule has 2 fully saturated rings. The molecular formula is C22H25N3O4. The molecule has 2 saturated heterocycles. The van der Waals surface area contributed by atoms with Crippen LogP contribution in [0.3, 0.4) is 0 Å². The van der Waals surface area contributed by atoms with Gasteiger partial charge in [-0.15, -0.1) is 0 Å². The van der Waals surface area contributed by atoms with E-state index in [1.54, 1.807) is 38.5 Å². The van der Waals surface area contributed by atoms with Crippen molar-refractivity contribution in [3.63, 3.8) is 0 Å². The van der Waals surface area contributed by atoms with Crippen molar-refractivity contribution in [2.24, 2.45) is 0 Å². The van der Waals surface area contributed by atoms with Crippen LogP contribution >= 0.6 is 0 Å². The number of amides is 2. The summed E-state index contributed by atoms with van der Waals surface area (Å²) in [5, 5.41) is 0. The molecule has 2 heterocycles. The number of ether oxygens (including phenoxy) is 2. The molecule has 0 unspecified atom stereocenters. The largest absolute Gasteiger partial charge is 0.497 e. The first kappa shape index (κ1) is 19.3. The van der Waals surface area contributed by atoms with Crippen molar-refractivity contribution in [3.8, 4) is 11.5 Å². The Labute approximate surface area is 170 Å². The molecule has 4 rings (SSSR count). The zero-order valence-corrected chi connectivity index (χ0v) is 16.7. The van der Waals surface area contributed by atoms with Crippen LogP contribution in [0.25, 0.3) is 0 Å². The van der Waals surface area contributed by atoms with Gasteiger partial charge in [-0.3, -0.25) is 14.5 Å². The smallest absolute Gasteiger partial charge is 0.251 e. The van der Waals surface area contributed by atoms with Gasteiger partial charge in [0.15, 0.2) is 0 Å². The zero-order chi connectivity index (χ0) is 20.4. The van der Waals surface area contributed by atoms with E-state index in [-0.39, 0.29) is 24.3 Å². The topological polar surface area (TPSA) is 62.3 Å². The van der Waals surface area contributed by atoms with Gasteiger partial charge >= 0.3 is 0 Å². The molecular weight excluding hydrogens is 370 g/mol. The van der Waals surface area contributed by atoms with Crippen molar-refractivity contribution in [1.29, 1.82) is 0 Å². The van der Waals surface area contributed by atoms with Crippen LogP contribution in [0, 0.1) is 0 Å². The van der Waals surface area contributed by atoms with Crippen molar-refractivity contribution in [1.82, 2.24) is 4.90 Å². The summed E-state index contributed by atoms with van der Waals surface area (Å²) in [7, 11) is 3.24. The highest BCUT2D eigenvalue weighted by atomic mass is 16.5. The predicted octanol–water partition coefficient (Wildman–Crippen LogP) is 2.16. The number of carbonyl (C=O) groups excluding carboxylic acids is 2. The van der Waals surface area contributed by atoms with Crippen LogP contribution in [-0.4, -0.2) is 63.2 Å². The number of benzene rings is 2. The summed E-state index contributed by atoms with van der Waals surface area (Å²) in [6.07, 6.45) is 0.230. The van der Waals surface area contributed by atoms with Crippen LogP contribution < -0.4 is 19.3 Å². The van der Waals surface area contributed by atoms with E-state index in [9.17, 15) is 9.59 Å². The van der Waals surface area contributed by atoms with Gasteiger partial charge in [-0.25, -0.2) is 4.90 Å². The minimum absolute atomic E-state index is 0.141. The Kier molecular flexibility index (Phi) is 5.40. The second kappa shape index (κ2) is 8.13. The Morgan fingerprint density at radius 1 is 0.759 bits per heavy atom. The van der Waals surface area contributed by atoms with Gasteiger partial charge in [0.1, 0.15) is 11.5 Å². The van der Waals surface area contributed by atoms with Crippen LogP contribution in [0.1, 0.15) is 6.42 Å². The monoisotopic (exact) mass is 395 g/mol. The van der Waals surface area contributed by atoms with Crippen molar-refractivity contribution in [2.45, 2.75) is 12.5 Å². The Morgan fingerprint density at radius 3 is 1.79 bits per heavy atom. The van der Waals surface area contributed by atoms with E-state index in [0.717, 1.165) is 37.6 Å². The second-order valence-corrected chi connectivity index (χ2v) is 7.21. The van der Waals surface area contributed by atoms with E-state index in [4.69, 9.17) is 9.47 Å². The standard InChI is InChI=1S/C22H25N3O4/c1-28-18-7-3-16(4-8-18)23-11-13-24(14-12-23)20-15-21(26)25(22(20)27)17-5-9-19(29-2)10-6-17/h3-10,20H,11-15H2,1-2H3/t20-/m1/s1. The predicted molar refractivity (Wildman–Crippen MR) is 111 cm³/mol. The first-order valence-corrected chi connectivity index (χ1v) is 9.74.